The third kappa shape index (κ3) is 6.75. The maximum absolute atomic E-state index is 12.8. The molecule has 0 fully saturated rings. The molecule has 0 saturated heterocycles. The SMILES string of the molecule is CCOc1cc(/C=C(\C#N)C(=O)Nc2cc(Cl)ccc2C)cc(I)c1OCc1cccc(C)c1. The van der Waals surface area contributed by atoms with Gasteiger partial charge < -0.3 is 14.8 Å². The Hall–Kier alpha value is -3.02. The summed E-state index contributed by atoms with van der Waals surface area (Å²) in [5, 5.41) is 12.9. The lowest BCUT2D eigenvalue weighted by Gasteiger charge is -2.15. The smallest absolute Gasteiger partial charge is 0.266 e. The molecule has 0 saturated carbocycles. The molecule has 7 heteroatoms. The van der Waals surface area contributed by atoms with Crippen molar-refractivity contribution in [1.82, 2.24) is 0 Å². The number of benzene rings is 3. The molecule has 1 amide bonds. The molecular formula is C27H24ClIN2O3. The van der Waals surface area contributed by atoms with Gasteiger partial charge in [-0.2, -0.15) is 5.26 Å². The molecule has 0 atom stereocenters. The molecule has 34 heavy (non-hydrogen) atoms. The van der Waals surface area contributed by atoms with Crippen LogP contribution in [0, 0.1) is 28.7 Å². The topological polar surface area (TPSA) is 71.3 Å². The number of carbonyl (C=O) groups is 1. The number of nitrogens with one attached hydrogen (secondary N) is 1. The van der Waals surface area contributed by atoms with Gasteiger partial charge in [-0.3, -0.25) is 4.79 Å². The standard InChI is InChI=1S/C27H24ClIN2O3/c1-4-33-25-13-20(12-23(29)26(25)34-16-19-7-5-6-17(2)10-19)11-21(15-30)27(32)31-24-14-22(28)9-8-18(24)3/h5-14H,4,16H2,1-3H3,(H,31,32)/b21-11+. The third-order valence-corrected chi connectivity index (χ3v) is 5.96. The quantitative estimate of drug-likeness (QED) is 0.174. The molecule has 0 radical (unpaired) electrons. The fraction of sp³-hybridized carbons (Fsp3) is 0.185. The average Bonchev–Trinajstić information content (AvgIpc) is 2.79. The summed E-state index contributed by atoms with van der Waals surface area (Å²) in [7, 11) is 0. The van der Waals surface area contributed by atoms with Crippen LogP contribution in [0.4, 0.5) is 5.69 Å². The molecule has 174 valence electrons. The number of hydrogen-bond acceptors (Lipinski definition) is 4. The van der Waals surface area contributed by atoms with Crippen LogP contribution in [0.15, 0.2) is 60.2 Å². The molecule has 3 rings (SSSR count). The number of amides is 1. The highest BCUT2D eigenvalue weighted by Crippen LogP contribution is 2.35. The van der Waals surface area contributed by atoms with E-state index < -0.39 is 5.91 Å². The number of nitriles is 1. The first-order valence-corrected chi connectivity index (χ1v) is 12.1. The van der Waals surface area contributed by atoms with Crippen LogP contribution < -0.4 is 14.8 Å². The zero-order chi connectivity index (χ0) is 24.7. The van der Waals surface area contributed by atoms with Crippen LogP contribution in [-0.4, -0.2) is 12.5 Å². The number of aryl methyl sites for hydroxylation is 2. The van der Waals surface area contributed by atoms with E-state index >= 15 is 0 Å². The summed E-state index contributed by atoms with van der Waals surface area (Å²) >= 11 is 8.21. The molecule has 0 spiro atoms. The number of carbonyl (C=O) groups excluding carboxylic acids is 1. The highest BCUT2D eigenvalue weighted by molar-refractivity contribution is 14.1. The van der Waals surface area contributed by atoms with Crippen LogP contribution in [0.5, 0.6) is 11.5 Å². The van der Waals surface area contributed by atoms with Crippen molar-refractivity contribution in [3.8, 4) is 17.6 Å². The first-order valence-electron chi connectivity index (χ1n) is 10.6. The minimum absolute atomic E-state index is 0.0361. The van der Waals surface area contributed by atoms with Crippen LogP contribution in [0.2, 0.25) is 5.02 Å². The second-order valence-electron chi connectivity index (χ2n) is 7.62. The first kappa shape index (κ1) is 25.6. The fourth-order valence-electron chi connectivity index (χ4n) is 3.27. The minimum atomic E-state index is -0.513. The van der Waals surface area contributed by atoms with Gasteiger partial charge in [0.15, 0.2) is 11.5 Å². The molecule has 3 aromatic carbocycles. The molecule has 0 aliphatic heterocycles. The average molecular weight is 587 g/mol. The summed E-state index contributed by atoms with van der Waals surface area (Å²) in [6.07, 6.45) is 1.53. The van der Waals surface area contributed by atoms with E-state index in [-0.39, 0.29) is 5.57 Å². The minimum Gasteiger partial charge on any atom is -0.490 e. The number of halogens is 2. The summed E-state index contributed by atoms with van der Waals surface area (Å²) in [5.41, 5.74) is 4.25. The van der Waals surface area contributed by atoms with Gasteiger partial charge in [0.2, 0.25) is 0 Å². The van der Waals surface area contributed by atoms with E-state index in [4.69, 9.17) is 21.1 Å². The zero-order valence-electron chi connectivity index (χ0n) is 19.1. The molecule has 0 aromatic heterocycles. The Bertz CT molecular complexity index is 1280. The third-order valence-electron chi connectivity index (χ3n) is 4.92. The number of ether oxygens (including phenoxy) is 2. The maximum Gasteiger partial charge on any atom is 0.266 e. The Morgan fingerprint density at radius 2 is 1.94 bits per heavy atom. The molecule has 0 bridgehead atoms. The number of rotatable bonds is 8. The van der Waals surface area contributed by atoms with Gasteiger partial charge in [0, 0.05) is 10.7 Å². The second kappa shape index (κ2) is 11.9. The van der Waals surface area contributed by atoms with Crippen LogP contribution in [0.3, 0.4) is 0 Å². The molecular weight excluding hydrogens is 563 g/mol. The Kier molecular flexibility index (Phi) is 8.97. The van der Waals surface area contributed by atoms with E-state index in [1.54, 1.807) is 24.3 Å². The molecule has 0 aliphatic carbocycles. The van der Waals surface area contributed by atoms with Crippen molar-refractivity contribution in [3.63, 3.8) is 0 Å². The van der Waals surface area contributed by atoms with E-state index in [1.807, 2.05) is 51.1 Å². The molecule has 5 nitrogen and oxygen atoms in total. The molecule has 1 N–H and O–H groups in total. The maximum atomic E-state index is 12.8. The highest BCUT2D eigenvalue weighted by atomic mass is 127. The molecule has 0 unspecified atom stereocenters. The fourth-order valence-corrected chi connectivity index (χ4v) is 4.22. The van der Waals surface area contributed by atoms with Crippen molar-refractivity contribution in [2.75, 3.05) is 11.9 Å². The van der Waals surface area contributed by atoms with Crippen LogP contribution in [-0.2, 0) is 11.4 Å². The Labute approximate surface area is 218 Å². The van der Waals surface area contributed by atoms with Gasteiger partial charge in [0.1, 0.15) is 18.2 Å². The van der Waals surface area contributed by atoms with E-state index in [9.17, 15) is 10.1 Å². The second-order valence-corrected chi connectivity index (χ2v) is 9.22. The van der Waals surface area contributed by atoms with Crippen molar-refractivity contribution >= 4 is 51.9 Å². The molecule has 0 aliphatic rings. The van der Waals surface area contributed by atoms with Crippen molar-refractivity contribution in [1.29, 1.82) is 5.26 Å². The predicted octanol–water partition coefficient (Wildman–Crippen LogP) is 7.08. The summed E-state index contributed by atoms with van der Waals surface area (Å²) in [5.74, 6) is 0.663. The van der Waals surface area contributed by atoms with E-state index in [2.05, 4.69) is 34.0 Å². The number of nitrogens with zero attached hydrogens (tertiary/aromatic N) is 1. The van der Waals surface area contributed by atoms with Gasteiger partial charge >= 0.3 is 0 Å². The zero-order valence-corrected chi connectivity index (χ0v) is 22.0. The van der Waals surface area contributed by atoms with Crippen molar-refractivity contribution in [3.05, 3.63) is 91.0 Å². The normalized spacial score (nSPS) is 11.0. The summed E-state index contributed by atoms with van der Waals surface area (Å²) in [4.78, 5) is 12.8. The lowest BCUT2D eigenvalue weighted by molar-refractivity contribution is -0.112. The molecule has 3 aromatic rings. The predicted molar refractivity (Wildman–Crippen MR) is 144 cm³/mol. The van der Waals surface area contributed by atoms with Gasteiger partial charge in [-0.1, -0.05) is 47.5 Å². The monoisotopic (exact) mass is 586 g/mol. The lowest BCUT2D eigenvalue weighted by Crippen LogP contribution is -2.14. The Morgan fingerprint density at radius 3 is 2.65 bits per heavy atom. The van der Waals surface area contributed by atoms with Crippen LogP contribution >= 0.6 is 34.2 Å². The van der Waals surface area contributed by atoms with E-state index in [0.29, 0.717) is 41.0 Å². The summed E-state index contributed by atoms with van der Waals surface area (Å²) in [6.45, 7) is 6.63. The molecule has 0 heterocycles. The largest absolute Gasteiger partial charge is 0.490 e. The van der Waals surface area contributed by atoms with E-state index in [0.717, 1.165) is 20.3 Å². The number of anilines is 1. The van der Waals surface area contributed by atoms with Gasteiger partial charge in [-0.05, 0) is 90.4 Å². The Morgan fingerprint density at radius 1 is 1.15 bits per heavy atom. The number of hydrogen-bond donors (Lipinski definition) is 1. The van der Waals surface area contributed by atoms with Gasteiger partial charge in [0.05, 0.1) is 10.2 Å². The van der Waals surface area contributed by atoms with Crippen molar-refractivity contribution in [2.24, 2.45) is 0 Å². The van der Waals surface area contributed by atoms with Crippen LogP contribution in [0.25, 0.3) is 6.08 Å². The van der Waals surface area contributed by atoms with Gasteiger partial charge in [-0.15, -0.1) is 0 Å². The highest BCUT2D eigenvalue weighted by Gasteiger charge is 2.15. The summed E-state index contributed by atoms with van der Waals surface area (Å²) < 4.78 is 12.7. The first-order chi connectivity index (χ1) is 16.3. The lowest BCUT2D eigenvalue weighted by atomic mass is 10.1. The van der Waals surface area contributed by atoms with Crippen molar-refractivity contribution in [2.45, 2.75) is 27.4 Å². The van der Waals surface area contributed by atoms with Crippen molar-refractivity contribution < 1.29 is 14.3 Å². The Balaban J connectivity index is 1.86. The van der Waals surface area contributed by atoms with Gasteiger partial charge in [-0.25, -0.2) is 0 Å². The van der Waals surface area contributed by atoms with Gasteiger partial charge in [0.25, 0.3) is 5.91 Å². The summed E-state index contributed by atoms with van der Waals surface area (Å²) in [6, 6.07) is 18.9. The van der Waals surface area contributed by atoms with Crippen LogP contribution in [0.1, 0.15) is 29.2 Å². The van der Waals surface area contributed by atoms with E-state index in [1.165, 1.54) is 6.08 Å².